The predicted octanol–water partition coefficient (Wildman–Crippen LogP) is 4.51. The third-order valence-electron chi connectivity index (χ3n) is 4.17. The fourth-order valence-electron chi connectivity index (χ4n) is 2.70. The number of rotatable bonds is 7. The summed E-state index contributed by atoms with van der Waals surface area (Å²) < 4.78 is 11.4. The Kier molecular flexibility index (Phi) is 6.31. The van der Waals surface area contributed by atoms with E-state index in [1.807, 2.05) is 57.2 Å². The minimum Gasteiger partial charge on any atom is -0.484 e. The lowest BCUT2D eigenvalue weighted by Gasteiger charge is -2.25. The number of carbonyl (C=O) groups is 1. The van der Waals surface area contributed by atoms with E-state index < -0.39 is 0 Å². The summed E-state index contributed by atoms with van der Waals surface area (Å²) in [6.07, 6.45) is 0. The Bertz CT molecular complexity index is 955. The molecule has 0 aliphatic heterocycles. The minimum absolute atomic E-state index is 0.0516. The molecule has 0 saturated heterocycles. The van der Waals surface area contributed by atoms with Gasteiger partial charge in [-0.1, -0.05) is 35.9 Å². The molecule has 0 spiro atoms. The van der Waals surface area contributed by atoms with E-state index in [-0.39, 0.29) is 25.1 Å². The average Bonchev–Trinajstić information content (AvgIpc) is 3.13. The van der Waals surface area contributed by atoms with Crippen molar-refractivity contribution < 1.29 is 13.9 Å². The van der Waals surface area contributed by atoms with Crippen molar-refractivity contribution in [1.29, 1.82) is 0 Å². The molecular weight excluding hydrogens is 378 g/mol. The van der Waals surface area contributed by atoms with E-state index in [9.17, 15) is 4.79 Å². The van der Waals surface area contributed by atoms with E-state index in [2.05, 4.69) is 10.2 Å². The first-order valence-electron chi connectivity index (χ1n) is 9.00. The molecule has 1 aromatic heterocycles. The van der Waals surface area contributed by atoms with Crippen LogP contribution in [0.2, 0.25) is 5.02 Å². The number of benzene rings is 2. The van der Waals surface area contributed by atoms with Crippen LogP contribution in [0.5, 0.6) is 5.75 Å². The fraction of sp³-hybridized carbons (Fsp3) is 0.286. The molecular formula is C21H22ClN3O3. The molecule has 0 aliphatic rings. The first-order chi connectivity index (χ1) is 13.4. The summed E-state index contributed by atoms with van der Waals surface area (Å²) >= 11 is 6.18. The largest absolute Gasteiger partial charge is 0.484 e. The lowest BCUT2D eigenvalue weighted by atomic mass is 10.2. The highest BCUT2D eigenvalue weighted by atomic mass is 35.5. The second-order valence-corrected chi connectivity index (χ2v) is 7.11. The molecule has 28 heavy (non-hydrogen) atoms. The third-order valence-corrected chi connectivity index (χ3v) is 4.50. The Hall–Kier alpha value is -2.86. The number of aromatic nitrogens is 2. The lowest BCUT2D eigenvalue weighted by molar-refractivity contribution is -0.136. The Labute approximate surface area is 169 Å². The molecule has 1 heterocycles. The second kappa shape index (κ2) is 8.89. The number of aryl methyl sites for hydroxylation is 1. The van der Waals surface area contributed by atoms with Gasteiger partial charge in [-0.15, -0.1) is 10.2 Å². The van der Waals surface area contributed by atoms with Crippen LogP contribution < -0.4 is 4.74 Å². The molecule has 0 bridgehead atoms. The topological polar surface area (TPSA) is 68.5 Å². The minimum atomic E-state index is -0.158. The number of hydrogen-bond donors (Lipinski definition) is 0. The zero-order valence-corrected chi connectivity index (χ0v) is 16.8. The van der Waals surface area contributed by atoms with Gasteiger partial charge in [-0.3, -0.25) is 4.79 Å². The van der Waals surface area contributed by atoms with Gasteiger partial charge in [0.15, 0.2) is 6.61 Å². The van der Waals surface area contributed by atoms with Crippen LogP contribution in [0.3, 0.4) is 0 Å². The Morgan fingerprint density at radius 2 is 1.96 bits per heavy atom. The van der Waals surface area contributed by atoms with Crippen molar-refractivity contribution in [2.75, 3.05) is 6.61 Å². The first-order valence-corrected chi connectivity index (χ1v) is 9.38. The number of nitrogens with zero attached hydrogens (tertiary/aromatic N) is 3. The molecule has 0 radical (unpaired) electrons. The van der Waals surface area contributed by atoms with Gasteiger partial charge >= 0.3 is 0 Å². The van der Waals surface area contributed by atoms with Gasteiger partial charge in [0.25, 0.3) is 5.91 Å². The van der Waals surface area contributed by atoms with Gasteiger partial charge in [0, 0.05) is 6.04 Å². The SMILES string of the molecule is Cc1cccc(OCC(=O)N(Cc2nnc(-c3ccccc3Cl)o2)C(C)C)c1. The highest BCUT2D eigenvalue weighted by Gasteiger charge is 2.21. The summed E-state index contributed by atoms with van der Waals surface area (Å²) in [5.41, 5.74) is 1.73. The van der Waals surface area contributed by atoms with Crippen molar-refractivity contribution >= 4 is 17.5 Å². The molecule has 0 N–H and O–H groups in total. The number of amides is 1. The molecule has 146 valence electrons. The van der Waals surface area contributed by atoms with E-state index in [1.54, 1.807) is 17.0 Å². The molecule has 0 aliphatic carbocycles. The van der Waals surface area contributed by atoms with E-state index >= 15 is 0 Å². The summed E-state index contributed by atoms with van der Waals surface area (Å²) in [7, 11) is 0. The number of carbonyl (C=O) groups excluding carboxylic acids is 1. The van der Waals surface area contributed by atoms with Crippen LogP contribution in [0.1, 0.15) is 25.3 Å². The van der Waals surface area contributed by atoms with Crippen LogP contribution in [-0.4, -0.2) is 33.7 Å². The molecule has 0 saturated carbocycles. The average molecular weight is 400 g/mol. The summed E-state index contributed by atoms with van der Waals surface area (Å²) in [5, 5.41) is 8.64. The molecule has 1 amide bonds. The number of hydrogen-bond acceptors (Lipinski definition) is 5. The molecule has 2 aromatic carbocycles. The molecule has 0 atom stereocenters. The standard InChI is InChI=1S/C21H22ClN3O3/c1-14(2)25(20(26)13-27-16-8-6-7-15(3)11-16)12-19-23-24-21(28-19)17-9-4-5-10-18(17)22/h4-11,14H,12-13H2,1-3H3. The highest BCUT2D eigenvalue weighted by molar-refractivity contribution is 6.33. The third kappa shape index (κ3) is 4.89. The van der Waals surface area contributed by atoms with Crippen molar-refractivity contribution in [1.82, 2.24) is 15.1 Å². The number of ether oxygens (including phenoxy) is 1. The van der Waals surface area contributed by atoms with Gasteiger partial charge in [0.1, 0.15) is 5.75 Å². The smallest absolute Gasteiger partial charge is 0.261 e. The maximum atomic E-state index is 12.7. The zero-order valence-electron chi connectivity index (χ0n) is 16.1. The monoisotopic (exact) mass is 399 g/mol. The van der Waals surface area contributed by atoms with Crippen LogP contribution in [0, 0.1) is 6.92 Å². The highest BCUT2D eigenvalue weighted by Crippen LogP contribution is 2.26. The maximum Gasteiger partial charge on any atom is 0.261 e. The van der Waals surface area contributed by atoms with Crippen LogP contribution >= 0.6 is 11.6 Å². The Morgan fingerprint density at radius 3 is 2.68 bits per heavy atom. The quantitative estimate of drug-likeness (QED) is 0.584. The van der Waals surface area contributed by atoms with E-state index in [1.165, 1.54) is 0 Å². The van der Waals surface area contributed by atoms with Crippen molar-refractivity contribution in [2.45, 2.75) is 33.4 Å². The summed E-state index contributed by atoms with van der Waals surface area (Å²) in [5.74, 6) is 1.17. The molecule has 3 aromatic rings. The van der Waals surface area contributed by atoms with Gasteiger partial charge in [0.05, 0.1) is 17.1 Å². The summed E-state index contributed by atoms with van der Waals surface area (Å²) in [6, 6.07) is 14.8. The van der Waals surface area contributed by atoms with Gasteiger partial charge < -0.3 is 14.1 Å². The van der Waals surface area contributed by atoms with Gasteiger partial charge in [-0.05, 0) is 50.6 Å². The van der Waals surface area contributed by atoms with Gasteiger partial charge in [-0.25, -0.2) is 0 Å². The normalized spacial score (nSPS) is 10.9. The van der Waals surface area contributed by atoms with Crippen molar-refractivity contribution in [3.8, 4) is 17.2 Å². The maximum absolute atomic E-state index is 12.7. The fourth-order valence-corrected chi connectivity index (χ4v) is 2.92. The molecule has 3 rings (SSSR count). The van der Waals surface area contributed by atoms with Crippen LogP contribution in [-0.2, 0) is 11.3 Å². The van der Waals surface area contributed by atoms with Gasteiger partial charge in [-0.2, -0.15) is 0 Å². The summed E-state index contributed by atoms with van der Waals surface area (Å²) in [6.45, 7) is 5.96. The van der Waals surface area contributed by atoms with Crippen molar-refractivity contribution in [3.05, 3.63) is 65.0 Å². The summed E-state index contributed by atoms with van der Waals surface area (Å²) in [4.78, 5) is 14.3. The van der Waals surface area contributed by atoms with Crippen LogP contribution in [0.4, 0.5) is 0 Å². The molecule has 6 nitrogen and oxygen atoms in total. The Balaban J connectivity index is 1.68. The molecule has 0 unspecified atom stereocenters. The molecule has 7 heteroatoms. The van der Waals surface area contributed by atoms with Crippen LogP contribution in [0.15, 0.2) is 52.9 Å². The zero-order chi connectivity index (χ0) is 20.1. The van der Waals surface area contributed by atoms with E-state index in [0.29, 0.717) is 28.1 Å². The van der Waals surface area contributed by atoms with E-state index in [0.717, 1.165) is 5.56 Å². The van der Waals surface area contributed by atoms with Crippen molar-refractivity contribution in [3.63, 3.8) is 0 Å². The Morgan fingerprint density at radius 1 is 1.18 bits per heavy atom. The van der Waals surface area contributed by atoms with Gasteiger partial charge in [0.2, 0.25) is 11.8 Å². The lowest BCUT2D eigenvalue weighted by Crippen LogP contribution is -2.39. The first kappa shape index (κ1) is 19.9. The van der Waals surface area contributed by atoms with E-state index in [4.69, 9.17) is 20.8 Å². The van der Waals surface area contributed by atoms with Crippen molar-refractivity contribution in [2.24, 2.45) is 0 Å². The predicted molar refractivity (Wildman–Crippen MR) is 107 cm³/mol. The molecule has 0 fully saturated rings. The van der Waals surface area contributed by atoms with Crippen LogP contribution in [0.25, 0.3) is 11.5 Å². The second-order valence-electron chi connectivity index (χ2n) is 6.70. The number of halogens is 1.